The minimum absolute atomic E-state index is 0.0762. The third kappa shape index (κ3) is 3.70. The molecule has 0 bridgehead atoms. The zero-order valence-corrected chi connectivity index (χ0v) is 12.1. The van der Waals surface area contributed by atoms with Gasteiger partial charge < -0.3 is 5.32 Å². The van der Waals surface area contributed by atoms with E-state index in [2.05, 4.69) is 29.6 Å². The lowest BCUT2D eigenvalue weighted by Crippen LogP contribution is -2.28. The number of hydrogen-bond donors (Lipinski definition) is 1. The molecule has 1 amide bonds. The highest BCUT2D eigenvalue weighted by atomic mass is 16.1. The van der Waals surface area contributed by atoms with Gasteiger partial charge in [0.05, 0.1) is 0 Å². The Labute approximate surface area is 120 Å². The maximum Gasteiger partial charge on any atom is 0.223 e. The second-order valence-corrected chi connectivity index (χ2v) is 5.09. The van der Waals surface area contributed by atoms with E-state index in [1.54, 1.807) is 0 Å². The van der Waals surface area contributed by atoms with Crippen LogP contribution in [0.1, 0.15) is 25.8 Å². The lowest BCUT2D eigenvalue weighted by molar-refractivity contribution is -0.124. The Morgan fingerprint density at radius 3 is 2.45 bits per heavy atom. The maximum absolute atomic E-state index is 11.8. The Morgan fingerprint density at radius 1 is 1.05 bits per heavy atom. The minimum atomic E-state index is 0.0762. The third-order valence-electron chi connectivity index (χ3n) is 3.56. The van der Waals surface area contributed by atoms with Crippen LogP contribution in [0.2, 0.25) is 0 Å². The van der Waals surface area contributed by atoms with E-state index in [4.69, 9.17) is 0 Å². The van der Waals surface area contributed by atoms with Gasteiger partial charge in [-0.1, -0.05) is 62.4 Å². The van der Waals surface area contributed by atoms with Crippen LogP contribution in [0.15, 0.2) is 54.6 Å². The van der Waals surface area contributed by atoms with Gasteiger partial charge in [0.25, 0.3) is 0 Å². The molecule has 20 heavy (non-hydrogen) atoms. The molecule has 2 aromatic carbocycles. The van der Waals surface area contributed by atoms with E-state index in [1.807, 2.05) is 44.2 Å². The highest BCUT2D eigenvalue weighted by Crippen LogP contribution is 2.19. The highest BCUT2D eigenvalue weighted by Gasteiger charge is 2.09. The fourth-order valence-electron chi connectivity index (χ4n) is 2.04. The molecule has 1 unspecified atom stereocenters. The Kier molecular flexibility index (Phi) is 4.94. The molecule has 0 heterocycles. The summed E-state index contributed by atoms with van der Waals surface area (Å²) >= 11 is 0. The van der Waals surface area contributed by atoms with Crippen LogP contribution in [0.5, 0.6) is 0 Å². The lowest BCUT2D eigenvalue weighted by Gasteiger charge is -2.11. The van der Waals surface area contributed by atoms with Crippen molar-refractivity contribution in [1.29, 1.82) is 0 Å². The lowest BCUT2D eigenvalue weighted by atomic mass is 10.0. The van der Waals surface area contributed by atoms with E-state index in [0.29, 0.717) is 6.54 Å². The van der Waals surface area contributed by atoms with Gasteiger partial charge in [-0.05, 0) is 29.2 Å². The Hall–Kier alpha value is -2.09. The first kappa shape index (κ1) is 14.3. The van der Waals surface area contributed by atoms with E-state index in [9.17, 15) is 4.79 Å². The van der Waals surface area contributed by atoms with Gasteiger partial charge >= 0.3 is 0 Å². The number of carbonyl (C=O) groups is 1. The number of carbonyl (C=O) groups excluding carboxylic acids is 1. The van der Waals surface area contributed by atoms with Crippen LogP contribution >= 0.6 is 0 Å². The third-order valence-corrected chi connectivity index (χ3v) is 3.56. The predicted molar refractivity (Wildman–Crippen MR) is 83.2 cm³/mol. The molecule has 2 heteroatoms. The number of nitrogens with one attached hydrogen (secondary N) is 1. The molecule has 1 N–H and O–H groups in total. The van der Waals surface area contributed by atoms with Gasteiger partial charge in [0.2, 0.25) is 5.91 Å². The van der Waals surface area contributed by atoms with Crippen molar-refractivity contribution in [3.8, 4) is 11.1 Å². The van der Waals surface area contributed by atoms with E-state index >= 15 is 0 Å². The van der Waals surface area contributed by atoms with Gasteiger partial charge in [0.15, 0.2) is 0 Å². The van der Waals surface area contributed by atoms with Crippen LogP contribution in [-0.2, 0) is 11.3 Å². The molecule has 0 aliphatic rings. The summed E-state index contributed by atoms with van der Waals surface area (Å²) in [7, 11) is 0. The number of rotatable bonds is 5. The summed E-state index contributed by atoms with van der Waals surface area (Å²) in [6.07, 6.45) is 0.871. The van der Waals surface area contributed by atoms with Gasteiger partial charge in [0.1, 0.15) is 0 Å². The monoisotopic (exact) mass is 267 g/mol. The van der Waals surface area contributed by atoms with Crippen LogP contribution in [0.3, 0.4) is 0 Å². The van der Waals surface area contributed by atoms with Crippen molar-refractivity contribution in [1.82, 2.24) is 5.32 Å². The average Bonchev–Trinajstić information content (AvgIpc) is 2.53. The number of hydrogen-bond acceptors (Lipinski definition) is 1. The minimum Gasteiger partial charge on any atom is -0.352 e. The maximum atomic E-state index is 11.8. The standard InChI is InChI=1S/C18H21NO/c1-3-14(2)18(20)19-13-15-8-7-11-17(12-15)16-9-5-4-6-10-16/h4-12,14H,3,13H2,1-2H3,(H,19,20). The summed E-state index contributed by atoms with van der Waals surface area (Å²) in [5.41, 5.74) is 3.51. The van der Waals surface area contributed by atoms with Crippen molar-refractivity contribution in [2.45, 2.75) is 26.8 Å². The molecule has 0 saturated carbocycles. The first-order valence-electron chi connectivity index (χ1n) is 7.12. The van der Waals surface area contributed by atoms with E-state index in [0.717, 1.165) is 12.0 Å². The summed E-state index contributed by atoms with van der Waals surface area (Å²) in [6, 6.07) is 18.6. The Balaban J connectivity index is 2.06. The SMILES string of the molecule is CCC(C)C(=O)NCc1cccc(-c2ccccc2)c1. The molecule has 2 aromatic rings. The molecular formula is C18H21NO. The summed E-state index contributed by atoms with van der Waals surface area (Å²) in [6.45, 7) is 4.57. The number of amides is 1. The quantitative estimate of drug-likeness (QED) is 0.871. The smallest absolute Gasteiger partial charge is 0.223 e. The topological polar surface area (TPSA) is 29.1 Å². The fourth-order valence-corrected chi connectivity index (χ4v) is 2.04. The van der Waals surface area contributed by atoms with Gasteiger partial charge in [0, 0.05) is 12.5 Å². The van der Waals surface area contributed by atoms with E-state index in [1.165, 1.54) is 11.1 Å². The van der Waals surface area contributed by atoms with Gasteiger partial charge in [-0.25, -0.2) is 0 Å². The highest BCUT2D eigenvalue weighted by molar-refractivity contribution is 5.78. The van der Waals surface area contributed by atoms with Gasteiger partial charge in [-0.15, -0.1) is 0 Å². The number of benzene rings is 2. The van der Waals surface area contributed by atoms with Crippen molar-refractivity contribution in [3.05, 3.63) is 60.2 Å². The second-order valence-electron chi connectivity index (χ2n) is 5.09. The molecule has 2 nitrogen and oxygen atoms in total. The van der Waals surface area contributed by atoms with Gasteiger partial charge in [-0.2, -0.15) is 0 Å². The zero-order valence-electron chi connectivity index (χ0n) is 12.1. The molecule has 0 aromatic heterocycles. The second kappa shape index (κ2) is 6.90. The van der Waals surface area contributed by atoms with Crippen LogP contribution in [-0.4, -0.2) is 5.91 Å². The molecule has 0 radical (unpaired) electrons. The molecule has 2 rings (SSSR count). The average molecular weight is 267 g/mol. The molecule has 0 saturated heterocycles. The summed E-state index contributed by atoms with van der Waals surface area (Å²) < 4.78 is 0. The van der Waals surface area contributed by atoms with Crippen molar-refractivity contribution < 1.29 is 4.79 Å². The first-order valence-corrected chi connectivity index (χ1v) is 7.12. The van der Waals surface area contributed by atoms with Gasteiger partial charge in [-0.3, -0.25) is 4.79 Å². The van der Waals surface area contributed by atoms with Crippen LogP contribution in [0.4, 0.5) is 0 Å². The largest absolute Gasteiger partial charge is 0.352 e. The molecule has 0 aliphatic carbocycles. The fraction of sp³-hybridized carbons (Fsp3) is 0.278. The van der Waals surface area contributed by atoms with Crippen LogP contribution in [0, 0.1) is 5.92 Å². The van der Waals surface area contributed by atoms with Crippen LogP contribution in [0.25, 0.3) is 11.1 Å². The molecule has 104 valence electrons. The molecule has 1 atom stereocenters. The Bertz CT molecular complexity index is 563. The first-order chi connectivity index (χ1) is 9.70. The molecular weight excluding hydrogens is 246 g/mol. The zero-order chi connectivity index (χ0) is 14.4. The van der Waals surface area contributed by atoms with Crippen molar-refractivity contribution in [3.63, 3.8) is 0 Å². The summed E-state index contributed by atoms with van der Waals surface area (Å²) in [5, 5.41) is 2.99. The predicted octanol–water partition coefficient (Wildman–Crippen LogP) is 4.02. The Morgan fingerprint density at radius 2 is 1.75 bits per heavy atom. The van der Waals surface area contributed by atoms with Crippen molar-refractivity contribution in [2.75, 3.05) is 0 Å². The summed E-state index contributed by atoms with van der Waals surface area (Å²) in [5.74, 6) is 0.199. The van der Waals surface area contributed by atoms with E-state index in [-0.39, 0.29) is 11.8 Å². The molecule has 0 spiro atoms. The van der Waals surface area contributed by atoms with Crippen molar-refractivity contribution >= 4 is 5.91 Å². The normalized spacial score (nSPS) is 11.9. The van der Waals surface area contributed by atoms with Crippen molar-refractivity contribution in [2.24, 2.45) is 5.92 Å². The molecule has 0 fully saturated rings. The van der Waals surface area contributed by atoms with E-state index < -0.39 is 0 Å². The van der Waals surface area contributed by atoms with Crippen LogP contribution < -0.4 is 5.32 Å². The summed E-state index contributed by atoms with van der Waals surface area (Å²) in [4.78, 5) is 11.8. The molecule has 0 aliphatic heterocycles.